The number of carbonyl (C=O) groups is 1. The lowest BCUT2D eigenvalue weighted by Crippen LogP contribution is -2.52. The van der Waals surface area contributed by atoms with Gasteiger partial charge in [-0.2, -0.15) is 5.10 Å². The predicted octanol–water partition coefficient (Wildman–Crippen LogP) is -0.289. The van der Waals surface area contributed by atoms with Crippen LogP contribution < -0.4 is 0 Å². The van der Waals surface area contributed by atoms with E-state index in [1.807, 2.05) is 19.9 Å². The number of amides is 1. The molecule has 0 bridgehead atoms. The third-order valence-electron chi connectivity index (χ3n) is 5.19. The van der Waals surface area contributed by atoms with Crippen molar-refractivity contribution in [2.75, 3.05) is 52.9 Å². The molecule has 1 atom stereocenters. The van der Waals surface area contributed by atoms with E-state index in [-0.39, 0.29) is 12.5 Å². The Morgan fingerprint density at radius 2 is 1.96 bits per heavy atom. The topological polar surface area (TPSA) is 64.8 Å². The summed E-state index contributed by atoms with van der Waals surface area (Å²) in [5, 5.41) is 15.2. The molecule has 0 saturated carbocycles. The maximum atomic E-state index is 12.5. The molecule has 1 N–H and O–H groups in total. The SMILES string of the molecule is Cc1cc(C)n(CC(=O)N2CC[C@](O)(CN3CCN(C)CC3)C2)n1. The van der Waals surface area contributed by atoms with E-state index in [1.54, 1.807) is 9.58 Å². The fourth-order valence-electron chi connectivity index (χ4n) is 3.68. The average Bonchev–Trinajstić information content (AvgIpc) is 3.05. The Balaban J connectivity index is 1.54. The van der Waals surface area contributed by atoms with E-state index < -0.39 is 5.60 Å². The number of nitrogens with zero attached hydrogens (tertiary/aromatic N) is 5. The molecule has 2 aliphatic rings. The Labute approximate surface area is 143 Å². The van der Waals surface area contributed by atoms with E-state index >= 15 is 0 Å². The van der Waals surface area contributed by atoms with Gasteiger partial charge in [0.25, 0.3) is 0 Å². The maximum Gasteiger partial charge on any atom is 0.244 e. The largest absolute Gasteiger partial charge is 0.387 e. The molecule has 2 saturated heterocycles. The van der Waals surface area contributed by atoms with E-state index in [0.29, 0.717) is 26.1 Å². The molecule has 0 aromatic carbocycles. The van der Waals surface area contributed by atoms with Crippen LogP contribution in [-0.2, 0) is 11.3 Å². The summed E-state index contributed by atoms with van der Waals surface area (Å²) in [6.45, 7) is 9.90. The normalized spacial score (nSPS) is 26.2. The number of β-amino-alcohol motifs (C(OH)–C–C–N with tert-alkyl or cyclic N) is 1. The highest BCUT2D eigenvalue weighted by atomic mass is 16.3. The zero-order chi connectivity index (χ0) is 17.3. The second-order valence-corrected chi connectivity index (χ2v) is 7.45. The fourth-order valence-corrected chi connectivity index (χ4v) is 3.68. The van der Waals surface area contributed by atoms with Crippen molar-refractivity contribution >= 4 is 5.91 Å². The lowest BCUT2D eigenvalue weighted by molar-refractivity contribution is -0.132. The van der Waals surface area contributed by atoms with Crippen LogP contribution in [0.15, 0.2) is 6.07 Å². The Hall–Kier alpha value is -1.44. The molecular formula is C17H29N5O2. The summed E-state index contributed by atoms with van der Waals surface area (Å²) in [7, 11) is 2.13. The first-order valence-corrected chi connectivity index (χ1v) is 8.77. The minimum Gasteiger partial charge on any atom is -0.387 e. The second kappa shape index (κ2) is 6.82. The molecule has 0 aliphatic carbocycles. The van der Waals surface area contributed by atoms with E-state index in [0.717, 1.165) is 37.6 Å². The highest BCUT2D eigenvalue weighted by molar-refractivity contribution is 5.76. The van der Waals surface area contributed by atoms with Gasteiger partial charge in [0.2, 0.25) is 5.91 Å². The van der Waals surface area contributed by atoms with E-state index in [4.69, 9.17) is 0 Å². The summed E-state index contributed by atoms with van der Waals surface area (Å²) >= 11 is 0. The van der Waals surface area contributed by atoms with Crippen LogP contribution >= 0.6 is 0 Å². The second-order valence-electron chi connectivity index (χ2n) is 7.45. The molecule has 7 nitrogen and oxygen atoms in total. The number of hydrogen-bond donors (Lipinski definition) is 1. The first kappa shape index (κ1) is 17.4. The van der Waals surface area contributed by atoms with Gasteiger partial charge in [-0.25, -0.2) is 0 Å². The van der Waals surface area contributed by atoms with Gasteiger partial charge in [0.05, 0.1) is 17.8 Å². The van der Waals surface area contributed by atoms with Crippen molar-refractivity contribution < 1.29 is 9.90 Å². The van der Waals surface area contributed by atoms with Crippen LogP contribution in [0, 0.1) is 13.8 Å². The van der Waals surface area contributed by atoms with Crippen molar-refractivity contribution in [2.24, 2.45) is 0 Å². The van der Waals surface area contributed by atoms with Crippen molar-refractivity contribution in [1.82, 2.24) is 24.5 Å². The van der Waals surface area contributed by atoms with Crippen LogP contribution in [0.2, 0.25) is 0 Å². The van der Waals surface area contributed by atoms with Gasteiger partial charge in [-0.3, -0.25) is 14.4 Å². The smallest absolute Gasteiger partial charge is 0.244 e. The molecule has 0 radical (unpaired) electrons. The van der Waals surface area contributed by atoms with Crippen molar-refractivity contribution in [3.05, 3.63) is 17.5 Å². The van der Waals surface area contributed by atoms with Gasteiger partial charge in [0.1, 0.15) is 6.54 Å². The minimum atomic E-state index is -0.777. The summed E-state index contributed by atoms with van der Waals surface area (Å²) in [5.41, 5.74) is 1.14. The molecule has 2 fully saturated rings. The monoisotopic (exact) mass is 335 g/mol. The summed E-state index contributed by atoms with van der Waals surface area (Å²) < 4.78 is 1.75. The molecule has 24 heavy (non-hydrogen) atoms. The summed E-state index contributed by atoms with van der Waals surface area (Å²) in [5.74, 6) is 0.0375. The lowest BCUT2D eigenvalue weighted by atomic mass is 10.0. The number of aryl methyl sites for hydroxylation is 2. The number of piperazine rings is 1. The highest BCUT2D eigenvalue weighted by Gasteiger charge is 2.39. The molecule has 1 aromatic heterocycles. The Morgan fingerprint density at radius 1 is 1.25 bits per heavy atom. The molecule has 2 aliphatic heterocycles. The van der Waals surface area contributed by atoms with Gasteiger partial charge in [-0.05, 0) is 33.4 Å². The number of carbonyl (C=O) groups excluding carboxylic acids is 1. The predicted molar refractivity (Wildman–Crippen MR) is 91.8 cm³/mol. The first-order chi connectivity index (χ1) is 11.3. The fraction of sp³-hybridized carbons (Fsp3) is 0.765. The molecule has 0 unspecified atom stereocenters. The lowest BCUT2D eigenvalue weighted by Gasteiger charge is -2.36. The zero-order valence-corrected chi connectivity index (χ0v) is 15.0. The van der Waals surface area contributed by atoms with Crippen molar-refractivity contribution in [3.63, 3.8) is 0 Å². The molecule has 7 heteroatoms. The van der Waals surface area contributed by atoms with Gasteiger partial charge in [-0.1, -0.05) is 0 Å². The first-order valence-electron chi connectivity index (χ1n) is 8.77. The minimum absolute atomic E-state index is 0.0375. The molecule has 0 spiro atoms. The molecule has 134 valence electrons. The summed E-state index contributed by atoms with van der Waals surface area (Å²) in [6, 6.07) is 1.97. The Bertz CT molecular complexity index is 594. The molecular weight excluding hydrogens is 306 g/mol. The van der Waals surface area contributed by atoms with Crippen LogP contribution in [0.3, 0.4) is 0 Å². The highest BCUT2D eigenvalue weighted by Crippen LogP contribution is 2.23. The van der Waals surface area contributed by atoms with Gasteiger partial charge >= 0.3 is 0 Å². The maximum absolute atomic E-state index is 12.5. The Morgan fingerprint density at radius 3 is 2.58 bits per heavy atom. The van der Waals surface area contributed by atoms with Crippen LogP contribution in [0.1, 0.15) is 17.8 Å². The molecule has 3 heterocycles. The van der Waals surface area contributed by atoms with Crippen LogP contribution in [0.4, 0.5) is 0 Å². The van der Waals surface area contributed by atoms with Crippen LogP contribution in [0.5, 0.6) is 0 Å². The summed E-state index contributed by atoms with van der Waals surface area (Å²) in [4.78, 5) is 18.9. The number of rotatable bonds is 4. The van der Waals surface area contributed by atoms with E-state index in [2.05, 4.69) is 21.9 Å². The number of likely N-dealkylation sites (N-methyl/N-ethyl adjacent to an activating group) is 1. The summed E-state index contributed by atoms with van der Waals surface area (Å²) in [6.07, 6.45) is 0.655. The van der Waals surface area contributed by atoms with E-state index in [1.165, 1.54) is 0 Å². The zero-order valence-electron chi connectivity index (χ0n) is 15.0. The number of likely N-dealkylation sites (tertiary alicyclic amines) is 1. The molecule has 1 aromatic rings. The van der Waals surface area contributed by atoms with Gasteiger partial charge in [0, 0.05) is 45.0 Å². The van der Waals surface area contributed by atoms with Crippen molar-refractivity contribution in [1.29, 1.82) is 0 Å². The van der Waals surface area contributed by atoms with Crippen LogP contribution in [-0.4, -0.2) is 94.0 Å². The van der Waals surface area contributed by atoms with Crippen LogP contribution in [0.25, 0.3) is 0 Å². The molecule has 1 amide bonds. The van der Waals surface area contributed by atoms with E-state index in [9.17, 15) is 9.90 Å². The quantitative estimate of drug-likeness (QED) is 0.819. The van der Waals surface area contributed by atoms with Crippen molar-refractivity contribution in [3.8, 4) is 0 Å². The number of aromatic nitrogens is 2. The standard InChI is InChI=1S/C17H29N5O2/c1-14-10-15(2)22(18-14)11-16(23)21-5-4-17(24,13-21)12-20-8-6-19(3)7-9-20/h10,24H,4-9,11-13H2,1-3H3/t17-/m0/s1. The van der Waals surface area contributed by atoms with Gasteiger partial charge in [0.15, 0.2) is 0 Å². The van der Waals surface area contributed by atoms with Gasteiger partial charge in [-0.15, -0.1) is 0 Å². The average molecular weight is 335 g/mol. The third kappa shape index (κ3) is 3.96. The van der Waals surface area contributed by atoms with Crippen molar-refractivity contribution in [2.45, 2.75) is 32.4 Å². The number of hydrogen-bond acceptors (Lipinski definition) is 5. The molecule has 3 rings (SSSR count). The third-order valence-corrected chi connectivity index (χ3v) is 5.19. The van der Waals surface area contributed by atoms with Gasteiger partial charge < -0.3 is 14.9 Å². The Kier molecular flexibility index (Phi) is 4.94. The number of aliphatic hydroxyl groups is 1.